The lowest BCUT2D eigenvalue weighted by atomic mass is 10.3. The quantitative estimate of drug-likeness (QED) is 0.558. The third kappa shape index (κ3) is 5.94. The molecule has 0 bridgehead atoms. The van der Waals surface area contributed by atoms with Crippen molar-refractivity contribution in [2.24, 2.45) is 4.99 Å². The molecule has 0 saturated carbocycles. The third-order valence-electron chi connectivity index (χ3n) is 3.52. The molecular formula is C18H26N4O2S. The molecule has 0 radical (unpaired) electrons. The molecule has 2 N–H and O–H groups in total. The number of para-hydroxylation sites is 2. The lowest BCUT2D eigenvalue weighted by Gasteiger charge is -2.18. The molecule has 2 rings (SSSR count). The van der Waals surface area contributed by atoms with E-state index in [0.717, 1.165) is 34.6 Å². The third-order valence-corrected chi connectivity index (χ3v) is 4.56. The number of guanidine groups is 1. The molecular weight excluding hydrogens is 336 g/mol. The summed E-state index contributed by atoms with van der Waals surface area (Å²) in [6, 6.07) is 7.63. The van der Waals surface area contributed by atoms with E-state index in [0.29, 0.717) is 13.1 Å². The zero-order valence-corrected chi connectivity index (χ0v) is 16.0. The number of hydrogen-bond acceptors (Lipinski definition) is 5. The molecule has 0 aliphatic carbocycles. The second kappa shape index (κ2) is 9.88. The first-order valence-corrected chi connectivity index (χ1v) is 9.21. The number of thiazole rings is 1. The van der Waals surface area contributed by atoms with Gasteiger partial charge in [-0.1, -0.05) is 19.1 Å². The molecule has 1 atom stereocenters. The number of aliphatic imine (C=N–C) groups is 1. The zero-order valence-electron chi connectivity index (χ0n) is 15.2. The van der Waals surface area contributed by atoms with Crippen LogP contribution >= 0.6 is 11.3 Å². The van der Waals surface area contributed by atoms with E-state index >= 15 is 0 Å². The van der Waals surface area contributed by atoms with Crippen LogP contribution in [0.4, 0.5) is 0 Å². The van der Waals surface area contributed by atoms with Crippen LogP contribution in [0.3, 0.4) is 0 Å². The van der Waals surface area contributed by atoms with Crippen molar-refractivity contribution in [3.05, 3.63) is 40.3 Å². The number of rotatable bonds is 8. The van der Waals surface area contributed by atoms with Crippen LogP contribution in [-0.2, 0) is 13.0 Å². The van der Waals surface area contributed by atoms with Crippen molar-refractivity contribution in [1.82, 2.24) is 15.6 Å². The van der Waals surface area contributed by atoms with Gasteiger partial charge in [0.1, 0.15) is 6.10 Å². The van der Waals surface area contributed by atoms with Crippen molar-refractivity contribution in [3.8, 4) is 11.5 Å². The average molecular weight is 362 g/mol. The summed E-state index contributed by atoms with van der Waals surface area (Å²) >= 11 is 1.69. The summed E-state index contributed by atoms with van der Waals surface area (Å²) in [4.78, 5) is 8.77. The maximum absolute atomic E-state index is 5.93. The summed E-state index contributed by atoms with van der Waals surface area (Å²) < 4.78 is 11.2. The summed E-state index contributed by atoms with van der Waals surface area (Å²) in [5.41, 5.74) is 1.03. The van der Waals surface area contributed by atoms with Gasteiger partial charge in [-0.05, 0) is 25.5 Å². The molecule has 0 saturated heterocycles. The monoisotopic (exact) mass is 362 g/mol. The first-order valence-electron chi connectivity index (χ1n) is 8.33. The molecule has 0 amide bonds. The largest absolute Gasteiger partial charge is 0.493 e. The minimum atomic E-state index is -0.0409. The van der Waals surface area contributed by atoms with Gasteiger partial charge in [-0.3, -0.25) is 4.99 Å². The molecule has 0 aliphatic heterocycles. The highest BCUT2D eigenvalue weighted by Gasteiger charge is 2.09. The molecule has 25 heavy (non-hydrogen) atoms. The highest BCUT2D eigenvalue weighted by atomic mass is 32.1. The Morgan fingerprint density at radius 1 is 1.28 bits per heavy atom. The minimum absolute atomic E-state index is 0.0409. The van der Waals surface area contributed by atoms with Gasteiger partial charge in [-0.2, -0.15) is 0 Å². The number of nitrogens with zero attached hydrogens (tertiary/aromatic N) is 2. The van der Waals surface area contributed by atoms with Crippen molar-refractivity contribution in [2.75, 3.05) is 20.7 Å². The molecule has 2 aromatic rings. The van der Waals surface area contributed by atoms with E-state index in [1.54, 1.807) is 25.5 Å². The highest BCUT2D eigenvalue weighted by molar-refractivity contribution is 7.09. The first kappa shape index (κ1) is 19.1. The Hall–Kier alpha value is -2.28. The molecule has 0 fully saturated rings. The molecule has 136 valence electrons. The number of methoxy groups -OCH3 is 1. The molecule has 0 aliphatic rings. The molecule has 1 unspecified atom stereocenters. The predicted octanol–water partition coefficient (Wildman–Crippen LogP) is 2.85. The Balaban J connectivity index is 1.79. The number of aromatic nitrogens is 1. The second-order valence-electron chi connectivity index (χ2n) is 5.47. The second-order valence-corrected chi connectivity index (χ2v) is 6.41. The SMILES string of the molecule is CCc1nc(CNC(=NC)NCC(C)Oc2ccccc2OC)cs1. The summed E-state index contributed by atoms with van der Waals surface area (Å²) in [7, 11) is 3.39. The van der Waals surface area contributed by atoms with Gasteiger partial charge in [0.15, 0.2) is 17.5 Å². The lowest BCUT2D eigenvalue weighted by Crippen LogP contribution is -2.41. The Morgan fingerprint density at radius 3 is 2.68 bits per heavy atom. The smallest absolute Gasteiger partial charge is 0.191 e. The van der Waals surface area contributed by atoms with E-state index in [-0.39, 0.29) is 6.10 Å². The van der Waals surface area contributed by atoms with Gasteiger partial charge in [0, 0.05) is 12.4 Å². The van der Waals surface area contributed by atoms with Gasteiger partial charge in [0.2, 0.25) is 0 Å². The molecule has 1 heterocycles. The van der Waals surface area contributed by atoms with Crippen LogP contribution in [0.1, 0.15) is 24.5 Å². The van der Waals surface area contributed by atoms with Gasteiger partial charge in [0.25, 0.3) is 0 Å². The fourth-order valence-electron chi connectivity index (χ4n) is 2.20. The summed E-state index contributed by atoms with van der Waals surface area (Å²) in [5, 5.41) is 9.76. The standard InChI is InChI=1S/C18H26N4O2S/c1-5-17-22-14(12-25-17)11-21-18(19-3)20-10-13(2)24-16-9-7-6-8-15(16)23-4/h6-9,12-13H,5,10-11H2,1-4H3,(H2,19,20,21). The predicted molar refractivity (Wildman–Crippen MR) is 103 cm³/mol. The van der Waals surface area contributed by atoms with E-state index in [1.165, 1.54) is 0 Å². The summed E-state index contributed by atoms with van der Waals surface area (Å²) in [5.74, 6) is 2.19. The zero-order chi connectivity index (χ0) is 18.1. The van der Waals surface area contributed by atoms with E-state index in [9.17, 15) is 0 Å². The van der Waals surface area contributed by atoms with E-state index in [4.69, 9.17) is 9.47 Å². The van der Waals surface area contributed by atoms with Crippen LogP contribution in [0, 0.1) is 0 Å². The molecule has 1 aromatic heterocycles. The van der Waals surface area contributed by atoms with Gasteiger partial charge in [0.05, 0.1) is 30.9 Å². The molecule has 7 heteroatoms. The maximum atomic E-state index is 5.93. The van der Waals surface area contributed by atoms with E-state index < -0.39 is 0 Å². The first-order chi connectivity index (χ1) is 12.2. The van der Waals surface area contributed by atoms with Crippen LogP contribution in [0.25, 0.3) is 0 Å². The van der Waals surface area contributed by atoms with E-state index in [2.05, 4.69) is 32.9 Å². The van der Waals surface area contributed by atoms with Crippen molar-refractivity contribution >= 4 is 17.3 Å². The van der Waals surface area contributed by atoms with Crippen molar-refractivity contribution in [2.45, 2.75) is 32.9 Å². The Bertz CT molecular complexity index is 687. The van der Waals surface area contributed by atoms with Gasteiger partial charge in [-0.15, -0.1) is 11.3 Å². The molecule has 1 aromatic carbocycles. The highest BCUT2D eigenvalue weighted by Crippen LogP contribution is 2.26. The van der Waals surface area contributed by atoms with Crippen molar-refractivity contribution in [1.29, 1.82) is 0 Å². The average Bonchev–Trinajstić information content (AvgIpc) is 3.10. The number of ether oxygens (including phenoxy) is 2. The number of nitrogens with one attached hydrogen (secondary N) is 2. The normalized spacial score (nSPS) is 12.6. The molecule has 0 spiro atoms. The summed E-state index contributed by atoms with van der Waals surface area (Å²) in [6.07, 6.45) is 0.927. The minimum Gasteiger partial charge on any atom is -0.493 e. The van der Waals surface area contributed by atoms with Crippen molar-refractivity contribution in [3.63, 3.8) is 0 Å². The van der Waals surface area contributed by atoms with Gasteiger partial charge in [-0.25, -0.2) is 4.98 Å². The fourth-order valence-corrected chi connectivity index (χ4v) is 2.95. The van der Waals surface area contributed by atoms with Crippen LogP contribution in [0.5, 0.6) is 11.5 Å². The number of hydrogen-bond donors (Lipinski definition) is 2. The Kier molecular flexibility index (Phi) is 7.53. The topological polar surface area (TPSA) is 67.8 Å². The maximum Gasteiger partial charge on any atom is 0.191 e. The Morgan fingerprint density at radius 2 is 2.04 bits per heavy atom. The van der Waals surface area contributed by atoms with Gasteiger partial charge < -0.3 is 20.1 Å². The van der Waals surface area contributed by atoms with Crippen LogP contribution in [0.2, 0.25) is 0 Å². The number of aryl methyl sites for hydroxylation is 1. The molecule has 6 nitrogen and oxygen atoms in total. The number of benzene rings is 1. The van der Waals surface area contributed by atoms with Crippen LogP contribution < -0.4 is 20.1 Å². The van der Waals surface area contributed by atoms with Crippen molar-refractivity contribution < 1.29 is 9.47 Å². The lowest BCUT2D eigenvalue weighted by molar-refractivity contribution is 0.213. The van der Waals surface area contributed by atoms with E-state index in [1.807, 2.05) is 31.2 Å². The van der Waals surface area contributed by atoms with Crippen LogP contribution in [-0.4, -0.2) is 37.7 Å². The summed E-state index contributed by atoms with van der Waals surface area (Å²) in [6.45, 7) is 5.38. The van der Waals surface area contributed by atoms with Crippen LogP contribution in [0.15, 0.2) is 34.6 Å². The Labute approximate surface area is 153 Å². The van der Waals surface area contributed by atoms with Gasteiger partial charge >= 0.3 is 0 Å². The fraction of sp³-hybridized carbons (Fsp3) is 0.444.